The number of aliphatic hydroxyl groups is 1. The first-order valence-corrected chi connectivity index (χ1v) is 5.71. The normalized spacial score (nSPS) is 14.9. The minimum Gasteiger partial charge on any atom is -0.384 e. The van der Waals surface area contributed by atoms with E-state index in [0.717, 1.165) is 31.2 Å². The second-order valence-corrected chi connectivity index (χ2v) is 4.06. The van der Waals surface area contributed by atoms with Gasteiger partial charge in [-0.05, 0) is 12.0 Å². The molecule has 3 N–H and O–H groups in total. The summed E-state index contributed by atoms with van der Waals surface area (Å²) in [5, 5.41) is 10.4. The van der Waals surface area contributed by atoms with Crippen molar-refractivity contribution in [3.63, 3.8) is 0 Å². The van der Waals surface area contributed by atoms with Gasteiger partial charge in [0.25, 0.3) is 0 Å². The summed E-state index contributed by atoms with van der Waals surface area (Å²) in [5.41, 5.74) is 5.77. The van der Waals surface area contributed by atoms with Crippen molar-refractivity contribution in [2.75, 3.05) is 6.54 Å². The molecule has 1 atom stereocenters. The van der Waals surface area contributed by atoms with Gasteiger partial charge in [-0.2, -0.15) is 0 Å². The van der Waals surface area contributed by atoms with Gasteiger partial charge in [0.15, 0.2) is 0 Å². The van der Waals surface area contributed by atoms with E-state index in [-0.39, 0.29) is 0 Å². The van der Waals surface area contributed by atoms with Crippen LogP contribution in [0.25, 0.3) is 0 Å². The Morgan fingerprint density at radius 1 is 1.20 bits per heavy atom. The van der Waals surface area contributed by atoms with Crippen LogP contribution in [0, 0.1) is 0 Å². The van der Waals surface area contributed by atoms with Crippen molar-refractivity contribution < 1.29 is 5.11 Å². The predicted octanol–water partition coefficient (Wildman–Crippen LogP) is 2.41. The van der Waals surface area contributed by atoms with E-state index in [4.69, 9.17) is 5.73 Å². The van der Waals surface area contributed by atoms with Crippen LogP contribution in [0.1, 0.15) is 38.2 Å². The Morgan fingerprint density at radius 3 is 2.40 bits per heavy atom. The van der Waals surface area contributed by atoms with Crippen molar-refractivity contribution in [3.8, 4) is 0 Å². The Labute approximate surface area is 92.1 Å². The van der Waals surface area contributed by atoms with Crippen molar-refractivity contribution >= 4 is 0 Å². The minimum absolute atomic E-state index is 0.292. The standard InChI is InChI=1S/C13H21NO/c1-2-3-7-10-13(15,11-14)12-8-5-4-6-9-12/h4-6,8-9,15H,2-3,7,10-11,14H2,1H3. The van der Waals surface area contributed by atoms with Gasteiger partial charge in [-0.15, -0.1) is 0 Å². The zero-order valence-corrected chi connectivity index (χ0v) is 9.45. The van der Waals surface area contributed by atoms with Crippen LogP contribution in [0.5, 0.6) is 0 Å². The lowest BCUT2D eigenvalue weighted by Gasteiger charge is -2.27. The van der Waals surface area contributed by atoms with Crippen molar-refractivity contribution in [1.82, 2.24) is 0 Å². The molecule has 2 heteroatoms. The molecule has 1 rings (SSSR count). The zero-order valence-electron chi connectivity index (χ0n) is 9.45. The number of hydrogen-bond donors (Lipinski definition) is 2. The summed E-state index contributed by atoms with van der Waals surface area (Å²) in [6.45, 7) is 2.45. The molecule has 0 aromatic heterocycles. The lowest BCUT2D eigenvalue weighted by Crippen LogP contribution is -2.34. The van der Waals surface area contributed by atoms with Gasteiger partial charge in [-0.25, -0.2) is 0 Å². The van der Waals surface area contributed by atoms with Gasteiger partial charge in [-0.3, -0.25) is 0 Å². The first-order valence-electron chi connectivity index (χ1n) is 5.71. The van der Waals surface area contributed by atoms with Gasteiger partial charge in [0.2, 0.25) is 0 Å². The molecule has 84 valence electrons. The highest BCUT2D eigenvalue weighted by Crippen LogP contribution is 2.26. The quantitative estimate of drug-likeness (QED) is 0.704. The SMILES string of the molecule is CCCCCC(O)(CN)c1ccccc1. The third-order valence-corrected chi connectivity index (χ3v) is 2.84. The molecule has 0 radical (unpaired) electrons. The molecule has 0 spiro atoms. The van der Waals surface area contributed by atoms with E-state index in [9.17, 15) is 5.11 Å². The van der Waals surface area contributed by atoms with Crippen LogP contribution in [0.4, 0.5) is 0 Å². The van der Waals surface area contributed by atoms with E-state index in [1.165, 1.54) is 0 Å². The highest BCUT2D eigenvalue weighted by molar-refractivity contribution is 5.22. The molecule has 0 aliphatic carbocycles. The molecule has 15 heavy (non-hydrogen) atoms. The van der Waals surface area contributed by atoms with Crippen LogP contribution in [0.2, 0.25) is 0 Å². The van der Waals surface area contributed by atoms with Crippen LogP contribution in [-0.4, -0.2) is 11.7 Å². The number of unbranched alkanes of at least 4 members (excludes halogenated alkanes) is 2. The maximum Gasteiger partial charge on any atom is 0.102 e. The predicted molar refractivity (Wildman–Crippen MR) is 63.5 cm³/mol. The maximum atomic E-state index is 10.4. The van der Waals surface area contributed by atoms with E-state index in [0.29, 0.717) is 6.54 Å². The first kappa shape index (κ1) is 12.2. The van der Waals surface area contributed by atoms with Gasteiger partial charge >= 0.3 is 0 Å². The Kier molecular flexibility index (Phi) is 4.79. The highest BCUT2D eigenvalue weighted by Gasteiger charge is 2.26. The molecule has 0 fully saturated rings. The Balaban J connectivity index is 2.67. The molecule has 1 unspecified atom stereocenters. The van der Waals surface area contributed by atoms with Crippen molar-refractivity contribution in [2.24, 2.45) is 5.73 Å². The summed E-state index contributed by atoms with van der Waals surface area (Å²) in [7, 11) is 0. The molecular formula is C13H21NO. The summed E-state index contributed by atoms with van der Waals surface area (Å²) >= 11 is 0. The summed E-state index contributed by atoms with van der Waals surface area (Å²) in [6, 6.07) is 9.72. The molecule has 2 nitrogen and oxygen atoms in total. The van der Waals surface area contributed by atoms with E-state index in [2.05, 4.69) is 6.92 Å². The van der Waals surface area contributed by atoms with Crippen LogP contribution in [-0.2, 0) is 5.60 Å². The maximum absolute atomic E-state index is 10.4. The second-order valence-electron chi connectivity index (χ2n) is 4.06. The molecule has 1 aromatic carbocycles. The fourth-order valence-corrected chi connectivity index (χ4v) is 1.78. The van der Waals surface area contributed by atoms with Crippen molar-refractivity contribution in [2.45, 2.75) is 38.2 Å². The highest BCUT2D eigenvalue weighted by atomic mass is 16.3. The van der Waals surface area contributed by atoms with Gasteiger partial charge < -0.3 is 10.8 Å². The van der Waals surface area contributed by atoms with E-state index >= 15 is 0 Å². The monoisotopic (exact) mass is 207 g/mol. The molecule has 0 bridgehead atoms. The van der Waals surface area contributed by atoms with Gasteiger partial charge in [0.05, 0.1) is 0 Å². The third-order valence-electron chi connectivity index (χ3n) is 2.84. The Bertz CT molecular complexity index is 273. The average molecular weight is 207 g/mol. The summed E-state index contributed by atoms with van der Waals surface area (Å²) in [6.07, 6.45) is 4.09. The molecule has 1 aromatic rings. The molecule has 0 saturated carbocycles. The summed E-state index contributed by atoms with van der Waals surface area (Å²) in [5.74, 6) is 0. The largest absolute Gasteiger partial charge is 0.384 e. The fraction of sp³-hybridized carbons (Fsp3) is 0.538. The van der Waals surface area contributed by atoms with Crippen LogP contribution >= 0.6 is 0 Å². The molecule has 0 amide bonds. The van der Waals surface area contributed by atoms with Gasteiger partial charge in [0.1, 0.15) is 5.60 Å². The number of nitrogens with two attached hydrogens (primary N) is 1. The first-order chi connectivity index (χ1) is 7.23. The van der Waals surface area contributed by atoms with Crippen LogP contribution in [0.15, 0.2) is 30.3 Å². The Hall–Kier alpha value is -0.860. The Morgan fingerprint density at radius 2 is 1.87 bits per heavy atom. The third kappa shape index (κ3) is 3.33. The average Bonchev–Trinajstić information content (AvgIpc) is 2.30. The van der Waals surface area contributed by atoms with Crippen molar-refractivity contribution in [1.29, 1.82) is 0 Å². The van der Waals surface area contributed by atoms with Crippen molar-refractivity contribution in [3.05, 3.63) is 35.9 Å². The molecular weight excluding hydrogens is 186 g/mol. The van der Waals surface area contributed by atoms with E-state index < -0.39 is 5.60 Å². The topological polar surface area (TPSA) is 46.2 Å². The van der Waals surface area contributed by atoms with Gasteiger partial charge in [-0.1, -0.05) is 56.5 Å². The molecule has 0 aliphatic heterocycles. The summed E-state index contributed by atoms with van der Waals surface area (Å²) < 4.78 is 0. The van der Waals surface area contributed by atoms with E-state index in [1.54, 1.807) is 0 Å². The number of benzene rings is 1. The second kappa shape index (κ2) is 5.89. The molecule has 0 saturated heterocycles. The lowest BCUT2D eigenvalue weighted by atomic mass is 9.88. The fourth-order valence-electron chi connectivity index (χ4n) is 1.78. The number of rotatable bonds is 6. The molecule has 0 aliphatic rings. The smallest absolute Gasteiger partial charge is 0.102 e. The van der Waals surface area contributed by atoms with E-state index in [1.807, 2.05) is 30.3 Å². The summed E-state index contributed by atoms with van der Waals surface area (Å²) in [4.78, 5) is 0. The van der Waals surface area contributed by atoms with Crippen LogP contribution in [0.3, 0.4) is 0 Å². The minimum atomic E-state index is -0.837. The zero-order chi connectivity index (χ0) is 11.1. The van der Waals surface area contributed by atoms with Crippen LogP contribution < -0.4 is 5.73 Å². The molecule has 0 heterocycles. The lowest BCUT2D eigenvalue weighted by molar-refractivity contribution is 0.0340. The van der Waals surface area contributed by atoms with Gasteiger partial charge in [0, 0.05) is 6.54 Å². The number of hydrogen-bond acceptors (Lipinski definition) is 2.